The predicted octanol–water partition coefficient (Wildman–Crippen LogP) is 2.26. The number of amides is 1. The Labute approximate surface area is 188 Å². The summed E-state index contributed by atoms with van der Waals surface area (Å²) in [7, 11) is -3.68. The van der Waals surface area contributed by atoms with Crippen molar-refractivity contribution in [2.75, 3.05) is 38.0 Å². The first kappa shape index (κ1) is 22.6. The van der Waals surface area contributed by atoms with Crippen LogP contribution >= 0.6 is 0 Å². The van der Waals surface area contributed by atoms with Crippen molar-refractivity contribution in [2.45, 2.75) is 44.9 Å². The molecule has 1 aromatic carbocycles. The Morgan fingerprint density at radius 3 is 2.47 bits per heavy atom. The van der Waals surface area contributed by atoms with Gasteiger partial charge in [-0.15, -0.1) is 0 Å². The van der Waals surface area contributed by atoms with E-state index in [0.29, 0.717) is 41.3 Å². The highest BCUT2D eigenvalue weighted by Crippen LogP contribution is 2.35. The summed E-state index contributed by atoms with van der Waals surface area (Å²) in [4.78, 5) is 27.1. The Kier molecular flexibility index (Phi) is 6.19. The predicted molar refractivity (Wildman–Crippen MR) is 121 cm³/mol. The van der Waals surface area contributed by atoms with E-state index in [0.717, 1.165) is 26.1 Å². The van der Waals surface area contributed by atoms with Gasteiger partial charge in [-0.2, -0.15) is 14.1 Å². The van der Waals surface area contributed by atoms with Gasteiger partial charge >= 0.3 is 0 Å². The van der Waals surface area contributed by atoms with Gasteiger partial charge in [-0.3, -0.25) is 9.59 Å². The van der Waals surface area contributed by atoms with Gasteiger partial charge < -0.3 is 10.2 Å². The third-order valence-corrected chi connectivity index (χ3v) is 8.13. The smallest absolute Gasteiger partial charge is 0.249 e. The quantitative estimate of drug-likeness (QED) is 0.735. The second-order valence-electron chi connectivity index (χ2n) is 8.39. The van der Waals surface area contributed by atoms with Crippen LogP contribution in [0.25, 0.3) is 11.1 Å². The van der Waals surface area contributed by atoms with E-state index in [1.54, 1.807) is 36.4 Å². The number of anilines is 1. The molecule has 0 atom stereocenters. The van der Waals surface area contributed by atoms with E-state index >= 15 is 0 Å². The van der Waals surface area contributed by atoms with Crippen molar-refractivity contribution < 1.29 is 18.0 Å². The highest BCUT2D eigenvalue weighted by atomic mass is 32.2. The molecule has 0 aliphatic carbocycles. The van der Waals surface area contributed by atoms with Crippen molar-refractivity contribution in [1.29, 1.82) is 0 Å². The Morgan fingerprint density at radius 2 is 1.78 bits per heavy atom. The van der Waals surface area contributed by atoms with Crippen LogP contribution < -0.4 is 5.32 Å². The highest BCUT2D eigenvalue weighted by molar-refractivity contribution is 7.89. The maximum absolute atomic E-state index is 13.5. The number of aromatic nitrogens is 2. The maximum atomic E-state index is 13.5. The Hall–Kier alpha value is -2.56. The number of nitrogens with zero attached hydrogens (tertiary/aromatic N) is 4. The molecular formula is C22H29N5O4S. The van der Waals surface area contributed by atoms with Crippen molar-refractivity contribution in [3.63, 3.8) is 0 Å². The minimum absolute atomic E-state index is 0.0803. The lowest BCUT2D eigenvalue weighted by molar-refractivity contribution is -0.116. The van der Waals surface area contributed by atoms with Gasteiger partial charge in [-0.05, 0) is 44.0 Å². The number of sulfonamides is 1. The Bertz CT molecular complexity index is 1160. The number of piperazine rings is 1. The summed E-state index contributed by atoms with van der Waals surface area (Å²) < 4.78 is 29.7. The molecule has 9 nitrogen and oxygen atoms in total. The minimum Gasteiger partial charge on any atom is -0.310 e. The van der Waals surface area contributed by atoms with E-state index in [4.69, 9.17) is 0 Å². The van der Waals surface area contributed by atoms with Crippen LogP contribution in [0.3, 0.4) is 0 Å². The van der Waals surface area contributed by atoms with Crippen molar-refractivity contribution >= 4 is 27.7 Å². The van der Waals surface area contributed by atoms with Crippen LogP contribution in [-0.4, -0.2) is 71.9 Å². The summed E-state index contributed by atoms with van der Waals surface area (Å²) in [6, 6.07) is 5.20. The normalized spacial score (nSPS) is 18.3. The molecule has 0 spiro atoms. The molecule has 172 valence electrons. The van der Waals surface area contributed by atoms with E-state index in [1.807, 2.05) is 0 Å². The van der Waals surface area contributed by atoms with Gasteiger partial charge in [0.1, 0.15) is 5.82 Å². The third kappa shape index (κ3) is 4.10. The molecule has 1 N–H and O–H groups in total. The first-order valence-corrected chi connectivity index (χ1v) is 12.4. The van der Waals surface area contributed by atoms with E-state index in [2.05, 4.69) is 22.2 Å². The largest absolute Gasteiger partial charge is 0.310 e. The summed E-state index contributed by atoms with van der Waals surface area (Å²) in [6.45, 7) is 8.97. The van der Waals surface area contributed by atoms with Gasteiger partial charge in [0, 0.05) is 44.6 Å². The molecule has 1 amide bonds. The van der Waals surface area contributed by atoms with Gasteiger partial charge in [0.15, 0.2) is 0 Å². The van der Waals surface area contributed by atoms with Crippen LogP contribution in [-0.2, 0) is 14.8 Å². The van der Waals surface area contributed by atoms with Gasteiger partial charge in [-0.25, -0.2) is 8.42 Å². The molecule has 1 fully saturated rings. The molecule has 2 aliphatic rings. The SMILES string of the molecule is CCCN1CCN(S(=O)(=O)c2cc(-c3c(C)nn4c3NC(=O)CCC4=O)ccc2C)CC1. The molecule has 1 aromatic heterocycles. The van der Waals surface area contributed by atoms with Crippen molar-refractivity contribution in [2.24, 2.45) is 0 Å². The lowest BCUT2D eigenvalue weighted by Crippen LogP contribution is -2.48. The fourth-order valence-electron chi connectivity index (χ4n) is 4.37. The molecule has 32 heavy (non-hydrogen) atoms. The third-order valence-electron chi connectivity index (χ3n) is 6.09. The molecule has 4 rings (SSSR count). The number of rotatable bonds is 5. The van der Waals surface area contributed by atoms with Crippen LogP contribution in [0.5, 0.6) is 0 Å². The van der Waals surface area contributed by atoms with E-state index in [-0.39, 0.29) is 29.6 Å². The zero-order valence-electron chi connectivity index (χ0n) is 18.7. The summed E-state index contributed by atoms with van der Waals surface area (Å²) in [5, 5.41) is 7.09. The summed E-state index contributed by atoms with van der Waals surface area (Å²) >= 11 is 0. The highest BCUT2D eigenvalue weighted by Gasteiger charge is 2.31. The number of carbonyl (C=O) groups excluding carboxylic acids is 2. The zero-order chi connectivity index (χ0) is 23.0. The molecule has 2 aromatic rings. The van der Waals surface area contributed by atoms with Gasteiger partial charge in [-0.1, -0.05) is 19.1 Å². The minimum atomic E-state index is -3.68. The van der Waals surface area contributed by atoms with Crippen molar-refractivity contribution in [1.82, 2.24) is 19.0 Å². The molecule has 0 radical (unpaired) electrons. The topological polar surface area (TPSA) is 105 Å². The first-order chi connectivity index (χ1) is 15.2. The fraction of sp³-hybridized carbons (Fsp3) is 0.500. The van der Waals surface area contributed by atoms with Crippen molar-refractivity contribution in [3.8, 4) is 11.1 Å². The van der Waals surface area contributed by atoms with E-state index in [1.165, 1.54) is 4.68 Å². The van der Waals surface area contributed by atoms with Crippen LogP contribution in [0.4, 0.5) is 5.82 Å². The molecule has 10 heteroatoms. The molecule has 2 aliphatic heterocycles. The van der Waals surface area contributed by atoms with E-state index < -0.39 is 10.0 Å². The maximum Gasteiger partial charge on any atom is 0.249 e. The molecule has 1 saturated heterocycles. The molecule has 0 unspecified atom stereocenters. The molecule has 0 bridgehead atoms. The van der Waals surface area contributed by atoms with Gasteiger partial charge in [0.25, 0.3) is 0 Å². The molecule has 0 saturated carbocycles. The second kappa shape index (κ2) is 8.76. The number of benzene rings is 1. The standard InChI is InChI=1S/C22H29N5O4S/c1-4-9-25-10-12-26(13-11-25)32(30,31)18-14-17(6-5-15(18)2)21-16(3)24-27-20(29)8-7-19(28)23-22(21)27/h5-6,14H,4,7-13H2,1-3H3,(H,23,28). The lowest BCUT2D eigenvalue weighted by Gasteiger charge is -2.34. The first-order valence-electron chi connectivity index (χ1n) is 11.0. The summed E-state index contributed by atoms with van der Waals surface area (Å²) in [5.74, 6) is -0.226. The van der Waals surface area contributed by atoms with E-state index in [9.17, 15) is 18.0 Å². The molecular weight excluding hydrogens is 430 g/mol. The van der Waals surface area contributed by atoms with Gasteiger partial charge in [0.05, 0.1) is 10.6 Å². The van der Waals surface area contributed by atoms with Crippen molar-refractivity contribution in [3.05, 3.63) is 29.5 Å². The number of nitrogens with one attached hydrogen (secondary N) is 1. The average Bonchev–Trinajstić information content (AvgIpc) is 3.01. The Morgan fingerprint density at radius 1 is 1.06 bits per heavy atom. The Balaban J connectivity index is 1.72. The van der Waals surface area contributed by atoms with Gasteiger partial charge in [0.2, 0.25) is 21.8 Å². The molecule has 3 heterocycles. The summed E-state index contributed by atoms with van der Waals surface area (Å²) in [6.07, 6.45) is 1.22. The zero-order valence-corrected chi connectivity index (χ0v) is 19.5. The van der Waals surface area contributed by atoms with Crippen LogP contribution in [0.1, 0.15) is 42.2 Å². The number of hydrogen-bond acceptors (Lipinski definition) is 6. The lowest BCUT2D eigenvalue weighted by atomic mass is 10.0. The van der Waals surface area contributed by atoms with Crippen LogP contribution in [0.2, 0.25) is 0 Å². The fourth-order valence-corrected chi connectivity index (χ4v) is 6.05. The number of hydrogen-bond donors (Lipinski definition) is 1. The second-order valence-corrected chi connectivity index (χ2v) is 10.3. The summed E-state index contributed by atoms with van der Waals surface area (Å²) in [5.41, 5.74) is 2.38. The monoisotopic (exact) mass is 459 g/mol. The van der Waals surface area contributed by atoms with Crippen LogP contribution in [0, 0.1) is 13.8 Å². The number of carbonyl (C=O) groups is 2. The van der Waals surface area contributed by atoms with Crippen LogP contribution in [0.15, 0.2) is 23.1 Å². The number of fused-ring (bicyclic) bond motifs is 1. The number of aryl methyl sites for hydroxylation is 2. The average molecular weight is 460 g/mol.